The van der Waals surface area contributed by atoms with Crippen LogP contribution in [0.25, 0.3) is 16.8 Å². The Morgan fingerprint density at radius 2 is 1.89 bits per heavy atom. The van der Waals surface area contributed by atoms with E-state index in [1.807, 2.05) is 11.3 Å². The summed E-state index contributed by atoms with van der Waals surface area (Å²) >= 11 is 0. The number of aromatic nitrogens is 5. The molecule has 0 amide bonds. The minimum atomic E-state index is -3.75. The van der Waals surface area contributed by atoms with E-state index in [1.165, 1.54) is 10.2 Å². The number of fused-ring (bicyclic) bond motifs is 3. The molecule has 2 N–H and O–H groups in total. The normalized spacial score (nSPS) is 20.4. The van der Waals surface area contributed by atoms with Crippen LogP contribution in [0, 0.1) is 6.92 Å². The van der Waals surface area contributed by atoms with Gasteiger partial charge in [-0.3, -0.25) is 4.40 Å². The molecule has 1 unspecified atom stereocenters. The molecule has 4 aromatic rings. The smallest absolute Gasteiger partial charge is 0.269 e. The minimum absolute atomic E-state index is 0.168. The van der Waals surface area contributed by atoms with Gasteiger partial charge in [-0.25, -0.2) is 17.4 Å². The largest absolute Gasteiger partial charge is 0.328 e. The Balaban J connectivity index is 1.69. The fourth-order valence-corrected chi connectivity index (χ4v) is 5.28. The first kappa shape index (κ1) is 17.3. The molecule has 3 aromatic heterocycles. The molecule has 28 heavy (non-hydrogen) atoms. The summed E-state index contributed by atoms with van der Waals surface area (Å²) in [4.78, 5) is 4.59. The molecule has 2 atom stereocenters. The van der Waals surface area contributed by atoms with E-state index in [1.54, 1.807) is 36.5 Å². The quantitative estimate of drug-likeness (QED) is 0.569. The Bertz CT molecular complexity index is 1290. The Hall–Kier alpha value is -2.78. The molecule has 1 aromatic carbocycles. The standard InChI is InChI=1S/C19H20N6O2S/c1-12-2-6-15(7-3-12)28(26,27)24-9-8-16-19(24)21-11-17-22-23-18(25(16)17)13-4-5-14(20)10-13/h2-3,6-9,11,13-14H,4-5,10,20H2,1H3/t13?,14-/m0/s1. The molecule has 0 bridgehead atoms. The van der Waals surface area contributed by atoms with Gasteiger partial charge in [0, 0.05) is 18.2 Å². The number of rotatable bonds is 3. The fourth-order valence-electron chi connectivity index (χ4n) is 3.99. The average molecular weight is 396 g/mol. The highest BCUT2D eigenvalue weighted by Crippen LogP contribution is 2.34. The summed E-state index contributed by atoms with van der Waals surface area (Å²) < 4.78 is 29.4. The second-order valence-electron chi connectivity index (χ2n) is 7.42. The van der Waals surface area contributed by atoms with Gasteiger partial charge in [0.15, 0.2) is 11.3 Å². The van der Waals surface area contributed by atoms with Crippen LogP contribution in [0.3, 0.4) is 0 Å². The highest BCUT2D eigenvalue weighted by atomic mass is 32.2. The lowest BCUT2D eigenvalue weighted by atomic mass is 10.1. The van der Waals surface area contributed by atoms with Crippen LogP contribution in [0.1, 0.15) is 36.6 Å². The van der Waals surface area contributed by atoms with Crippen molar-refractivity contribution >= 4 is 26.8 Å². The highest BCUT2D eigenvalue weighted by Gasteiger charge is 2.29. The van der Waals surface area contributed by atoms with Gasteiger partial charge in [0.05, 0.1) is 16.6 Å². The molecule has 8 nitrogen and oxygen atoms in total. The molecular formula is C19H20N6O2S. The first-order valence-electron chi connectivity index (χ1n) is 9.24. The third-order valence-electron chi connectivity index (χ3n) is 5.48. The maximum atomic E-state index is 13.1. The van der Waals surface area contributed by atoms with Crippen LogP contribution < -0.4 is 5.73 Å². The highest BCUT2D eigenvalue weighted by molar-refractivity contribution is 7.90. The summed E-state index contributed by atoms with van der Waals surface area (Å²) in [6.07, 6.45) is 5.86. The summed E-state index contributed by atoms with van der Waals surface area (Å²) in [6.45, 7) is 1.92. The Morgan fingerprint density at radius 1 is 1.11 bits per heavy atom. The molecule has 0 saturated heterocycles. The second kappa shape index (κ2) is 6.11. The maximum Gasteiger partial charge on any atom is 0.269 e. The zero-order valence-electron chi connectivity index (χ0n) is 15.4. The molecule has 1 aliphatic rings. The van der Waals surface area contributed by atoms with Crippen LogP contribution in [-0.2, 0) is 10.0 Å². The summed E-state index contributed by atoms with van der Waals surface area (Å²) in [5.41, 5.74) is 8.71. The van der Waals surface area contributed by atoms with Crippen LogP contribution in [0.5, 0.6) is 0 Å². The van der Waals surface area contributed by atoms with Gasteiger partial charge in [0.25, 0.3) is 10.0 Å². The summed E-state index contributed by atoms with van der Waals surface area (Å²) in [5, 5.41) is 8.59. The van der Waals surface area contributed by atoms with Crippen molar-refractivity contribution in [3.8, 4) is 0 Å². The lowest BCUT2D eigenvalue weighted by Crippen LogP contribution is -2.15. The lowest BCUT2D eigenvalue weighted by Gasteiger charge is -2.10. The zero-order chi connectivity index (χ0) is 19.5. The Morgan fingerprint density at radius 3 is 2.61 bits per heavy atom. The van der Waals surface area contributed by atoms with Gasteiger partial charge in [-0.15, -0.1) is 10.2 Å². The van der Waals surface area contributed by atoms with E-state index in [2.05, 4.69) is 15.2 Å². The maximum absolute atomic E-state index is 13.1. The average Bonchev–Trinajstić information content (AvgIpc) is 3.38. The van der Waals surface area contributed by atoms with E-state index < -0.39 is 10.0 Å². The van der Waals surface area contributed by atoms with Crippen molar-refractivity contribution in [1.29, 1.82) is 0 Å². The summed E-state index contributed by atoms with van der Waals surface area (Å²) in [6, 6.07) is 8.71. The third-order valence-corrected chi connectivity index (χ3v) is 7.16. The van der Waals surface area contributed by atoms with Crippen LogP contribution in [-0.4, -0.2) is 38.0 Å². The number of aryl methyl sites for hydroxylation is 1. The second-order valence-corrected chi connectivity index (χ2v) is 9.23. The molecule has 1 saturated carbocycles. The predicted octanol–water partition coefficient (Wildman–Crippen LogP) is 2.22. The van der Waals surface area contributed by atoms with Gasteiger partial charge in [-0.05, 0) is 44.4 Å². The third kappa shape index (κ3) is 2.54. The van der Waals surface area contributed by atoms with Crippen LogP contribution in [0.2, 0.25) is 0 Å². The topological polar surface area (TPSA) is 108 Å². The zero-order valence-corrected chi connectivity index (χ0v) is 16.2. The molecule has 0 aliphatic heterocycles. The molecule has 144 valence electrons. The van der Waals surface area contributed by atoms with Gasteiger partial charge in [-0.1, -0.05) is 17.7 Å². The molecule has 9 heteroatoms. The fraction of sp³-hybridized carbons (Fsp3) is 0.316. The summed E-state index contributed by atoms with van der Waals surface area (Å²) in [5.74, 6) is 1.04. The first-order valence-corrected chi connectivity index (χ1v) is 10.7. The first-order chi connectivity index (χ1) is 13.4. The van der Waals surface area contributed by atoms with Crippen LogP contribution in [0.15, 0.2) is 47.6 Å². The predicted molar refractivity (Wildman–Crippen MR) is 105 cm³/mol. The van der Waals surface area contributed by atoms with Crippen molar-refractivity contribution in [3.63, 3.8) is 0 Å². The van der Waals surface area contributed by atoms with Crippen LogP contribution in [0.4, 0.5) is 0 Å². The summed E-state index contributed by atoms with van der Waals surface area (Å²) in [7, 11) is -3.75. The van der Waals surface area contributed by atoms with Gasteiger partial charge >= 0.3 is 0 Å². The van der Waals surface area contributed by atoms with E-state index in [0.717, 1.165) is 30.7 Å². The van der Waals surface area contributed by atoms with Crippen molar-refractivity contribution < 1.29 is 8.42 Å². The number of nitrogens with zero attached hydrogens (tertiary/aromatic N) is 5. The van der Waals surface area contributed by atoms with Crippen LogP contribution >= 0.6 is 0 Å². The van der Waals surface area contributed by atoms with E-state index in [9.17, 15) is 8.42 Å². The number of benzene rings is 1. The van der Waals surface area contributed by atoms with E-state index >= 15 is 0 Å². The van der Waals surface area contributed by atoms with Gasteiger partial charge < -0.3 is 5.73 Å². The van der Waals surface area contributed by atoms with E-state index in [-0.39, 0.29) is 16.9 Å². The molecule has 3 heterocycles. The molecule has 0 radical (unpaired) electrons. The molecule has 1 fully saturated rings. The van der Waals surface area contributed by atoms with Gasteiger partial charge in [-0.2, -0.15) is 0 Å². The van der Waals surface area contributed by atoms with Crippen molar-refractivity contribution in [2.75, 3.05) is 0 Å². The molecule has 1 aliphatic carbocycles. The SMILES string of the molecule is Cc1ccc(S(=O)(=O)n2ccc3c2ncc2nnc(C4CC[C@H](N)C4)n23)cc1. The monoisotopic (exact) mass is 396 g/mol. The van der Waals surface area contributed by atoms with Crippen molar-refractivity contribution in [2.45, 2.75) is 43.0 Å². The van der Waals surface area contributed by atoms with Crippen molar-refractivity contribution in [2.24, 2.45) is 5.73 Å². The van der Waals surface area contributed by atoms with E-state index in [0.29, 0.717) is 16.8 Å². The molecule has 0 spiro atoms. The Labute approximate surface area is 162 Å². The number of nitrogens with two attached hydrogens (primary N) is 1. The lowest BCUT2D eigenvalue weighted by molar-refractivity contribution is 0.588. The van der Waals surface area contributed by atoms with Gasteiger partial charge in [0.2, 0.25) is 0 Å². The van der Waals surface area contributed by atoms with Crippen molar-refractivity contribution in [1.82, 2.24) is 23.6 Å². The van der Waals surface area contributed by atoms with E-state index in [4.69, 9.17) is 5.73 Å². The van der Waals surface area contributed by atoms with Crippen molar-refractivity contribution in [3.05, 3.63) is 54.1 Å². The minimum Gasteiger partial charge on any atom is -0.328 e. The number of hydrogen-bond donors (Lipinski definition) is 1. The van der Waals surface area contributed by atoms with Gasteiger partial charge in [0.1, 0.15) is 5.82 Å². The molecular weight excluding hydrogens is 376 g/mol. The molecule has 5 rings (SSSR count). The Kier molecular flexibility index (Phi) is 3.78. The number of hydrogen-bond acceptors (Lipinski definition) is 6.